The van der Waals surface area contributed by atoms with E-state index in [0.717, 1.165) is 6.26 Å². The zero-order valence-corrected chi connectivity index (χ0v) is 14.2. The Morgan fingerprint density at radius 1 is 1.09 bits per heavy atom. The van der Waals surface area contributed by atoms with E-state index in [2.05, 4.69) is 0 Å². The molecular formula is C15H15Cl2NO3S. The molecule has 0 atom stereocenters. The number of nitrogens with zero attached hydrogens (tertiary/aromatic N) is 1. The monoisotopic (exact) mass is 359 g/mol. The van der Waals surface area contributed by atoms with Gasteiger partial charge in [0.25, 0.3) is 0 Å². The maximum atomic E-state index is 12.1. The van der Waals surface area contributed by atoms with Crippen molar-refractivity contribution in [3.8, 4) is 0 Å². The Balaban J connectivity index is 2.41. The van der Waals surface area contributed by atoms with Crippen molar-refractivity contribution in [3.63, 3.8) is 0 Å². The first-order valence-electron chi connectivity index (χ1n) is 6.43. The van der Waals surface area contributed by atoms with Crippen LogP contribution in [-0.2, 0) is 23.2 Å². The van der Waals surface area contributed by atoms with E-state index in [0.29, 0.717) is 26.9 Å². The fraction of sp³-hybridized carbons (Fsp3) is 0.200. The van der Waals surface area contributed by atoms with Crippen LogP contribution in [-0.4, -0.2) is 19.8 Å². The molecule has 0 unspecified atom stereocenters. The highest BCUT2D eigenvalue weighted by Gasteiger charge is 2.19. The van der Waals surface area contributed by atoms with Crippen LogP contribution in [0.2, 0.25) is 10.0 Å². The Kier molecular flexibility index (Phi) is 5.34. The van der Waals surface area contributed by atoms with Gasteiger partial charge in [0.05, 0.1) is 35.1 Å². The third kappa shape index (κ3) is 3.93. The van der Waals surface area contributed by atoms with Gasteiger partial charge in [-0.1, -0.05) is 47.5 Å². The van der Waals surface area contributed by atoms with Crippen LogP contribution in [0.4, 0.5) is 5.69 Å². The minimum atomic E-state index is -3.50. The lowest BCUT2D eigenvalue weighted by molar-refractivity contribution is 0.282. The van der Waals surface area contributed by atoms with Gasteiger partial charge < -0.3 is 5.11 Å². The van der Waals surface area contributed by atoms with Gasteiger partial charge >= 0.3 is 0 Å². The van der Waals surface area contributed by atoms with E-state index < -0.39 is 10.0 Å². The molecule has 0 heterocycles. The first-order valence-corrected chi connectivity index (χ1v) is 9.03. The van der Waals surface area contributed by atoms with Crippen LogP contribution in [0.3, 0.4) is 0 Å². The lowest BCUT2D eigenvalue weighted by Gasteiger charge is -2.23. The predicted octanol–water partition coefficient (Wildman–Crippen LogP) is 3.45. The summed E-state index contributed by atoms with van der Waals surface area (Å²) in [6, 6.07) is 11.7. The van der Waals surface area contributed by atoms with E-state index in [1.807, 2.05) is 0 Å². The van der Waals surface area contributed by atoms with Crippen LogP contribution in [0.15, 0.2) is 42.5 Å². The molecule has 2 aromatic carbocycles. The molecule has 1 N–H and O–H groups in total. The van der Waals surface area contributed by atoms with Crippen molar-refractivity contribution < 1.29 is 13.5 Å². The van der Waals surface area contributed by atoms with E-state index in [1.165, 1.54) is 4.31 Å². The summed E-state index contributed by atoms with van der Waals surface area (Å²) in [5.74, 6) is 0. The molecule has 0 fully saturated rings. The van der Waals surface area contributed by atoms with Crippen molar-refractivity contribution in [1.82, 2.24) is 0 Å². The number of sulfonamides is 1. The summed E-state index contributed by atoms with van der Waals surface area (Å²) in [6.07, 6.45) is 1.13. The summed E-state index contributed by atoms with van der Waals surface area (Å²) in [4.78, 5) is 0. The van der Waals surface area contributed by atoms with Gasteiger partial charge in [-0.2, -0.15) is 0 Å². The van der Waals surface area contributed by atoms with E-state index in [1.54, 1.807) is 42.5 Å². The summed E-state index contributed by atoms with van der Waals surface area (Å²) >= 11 is 12.1. The van der Waals surface area contributed by atoms with E-state index in [4.69, 9.17) is 28.3 Å². The van der Waals surface area contributed by atoms with Gasteiger partial charge in [0.2, 0.25) is 10.0 Å². The number of anilines is 1. The second kappa shape index (κ2) is 6.87. The molecule has 0 saturated carbocycles. The summed E-state index contributed by atoms with van der Waals surface area (Å²) in [5.41, 5.74) is 1.82. The minimum absolute atomic E-state index is 0.0801. The summed E-state index contributed by atoms with van der Waals surface area (Å²) in [7, 11) is -3.50. The summed E-state index contributed by atoms with van der Waals surface area (Å²) in [5, 5.41) is 9.78. The van der Waals surface area contributed by atoms with E-state index >= 15 is 0 Å². The standard InChI is InChI=1S/C15H15Cl2NO3S/c1-22(20,21)18(13-7-5-11(10-19)6-8-13)9-12-3-2-4-14(16)15(12)17/h2-8,19H,9-10H2,1H3. The molecule has 22 heavy (non-hydrogen) atoms. The van der Waals surface area contributed by atoms with Crippen LogP contribution in [0, 0.1) is 0 Å². The number of aliphatic hydroxyl groups excluding tert-OH is 1. The Hall–Kier alpha value is -1.27. The van der Waals surface area contributed by atoms with Gasteiger partial charge in [-0.05, 0) is 29.3 Å². The SMILES string of the molecule is CS(=O)(=O)N(Cc1cccc(Cl)c1Cl)c1ccc(CO)cc1. The fourth-order valence-electron chi connectivity index (χ4n) is 1.99. The molecular weight excluding hydrogens is 345 g/mol. The largest absolute Gasteiger partial charge is 0.392 e. The summed E-state index contributed by atoms with van der Waals surface area (Å²) < 4.78 is 25.4. The van der Waals surface area contributed by atoms with E-state index in [9.17, 15) is 8.42 Å². The molecule has 7 heteroatoms. The molecule has 0 aliphatic rings. The molecule has 0 radical (unpaired) electrons. The Labute approximate surface area is 140 Å². The average molecular weight is 360 g/mol. The topological polar surface area (TPSA) is 57.6 Å². The highest BCUT2D eigenvalue weighted by atomic mass is 35.5. The van der Waals surface area contributed by atoms with Crippen molar-refractivity contribution in [1.29, 1.82) is 0 Å². The molecule has 4 nitrogen and oxygen atoms in total. The second-order valence-corrected chi connectivity index (χ2v) is 7.50. The van der Waals surface area contributed by atoms with Crippen LogP contribution < -0.4 is 4.31 Å². The van der Waals surface area contributed by atoms with Gasteiger partial charge in [-0.25, -0.2) is 8.42 Å². The maximum Gasteiger partial charge on any atom is 0.232 e. The van der Waals surface area contributed by atoms with Gasteiger partial charge in [-0.15, -0.1) is 0 Å². The van der Waals surface area contributed by atoms with Crippen LogP contribution in [0.1, 0.15) is 11.1 Å². The van der Waals surface area contributed by atoms with Crippen LogP contribution in [0.5, 0.6) is 0 Å². The van der Waals surface area contributed by atoms with E-state index in [-0.39, 0.29) is 13.2 Å². The number of aliphatic hydroxyl groups is 1. The zero-order valence-electron chi connectivity index (χ0n) is 11.8. The minimum Gasteiger partial charge on any atom is -0.392 e. The highest BCUT2D eigenvalue weighted by Crippen LogP contribution is 2.29. The quantitative estimate of drug-likeness (QED) is 0.889. The van der Waals surface area contributed by atoms with Crippen molar-refractivity contribution in [2.45, 2.75) is 13.2 Å². The van der Waals surface area contributed by atoms with Gasteiger partial charge in [-0.3, -0.25) is 4.31 Å². The Morgan fingerprint density at radius 3 is 2.27 bits per heavy atom. The van der Waals surface area contributed by atoms with Crippen LogP contribution in [0.25, 0.3) is 0 Å². The Morgan fingerprint density at radius 2 is 1.73 bits per heavy atom. The molecule has 0 spiro atoms. The van der Waals surface area contributed by atoms with Crippen molar-refractivity contribution in [2.75, 3.05) is 10.6 Å². The number of rotatable bonds is 5. The van der Waals surface area contributed by atoms with Crippen LogP contribution >= 0.6 is 23.2 Å². The third-order valence-corrected chi connectivity index (χ3v) is 5.15. The molecule has 0 saturated heterocycles. The second-order valence-electron chi connectivity index (χ2n) is 4.81. The van der Waals surface area contributed by atoms with Gasteiger partial charge in [0.15, 0.2) is 0 Å². The smallest absolute Gasteiger partial charge is 0.232 e. The van der Waals surface area contributed by atoms with Gasteiger partial charge in [0.1, 0.15) is 0 Å². The number of benzene rings is 2. The number of hydrogen-bond acceptors (Lipinski definition) is 3. The van der Waals surface area contributed by atoms with Crippen molar-refractivity contribution in [2.24, 2.45) is 0 Å². The number of hydrogen-bond donors (Lipinski definition) is 1. The van der Waals surface area contributed by atoms with Crippen molar-refractivity contribution >= 4 is 38.9 Å². The fourth-order valence-corrected chi connectivity index (χ4v) is 3.25. The molecule has 2 rings (SSSR count). The highest BCUT2D eigenvalue weighted by molar-refractivity contribution is 7.92. The lowest BCUT2D eigenvalue weighted by Crippen LogP contribution is -2.29. The molecule has 0 amide bonds. The Bertz CT molecular complexity index is 761. The molecule has 0 bridgehead atoms. The molecule has 0 aliphatic heterocycles. The molecule has 0 aromatic heterocycles. The normalized spacial score (nSPS) is 11.5. The zero-order chi connectivity index (χ0) is 16.3. The van der Waals surface area contributed by atoms with Crippen molar-refractivity contribution in [3.05, 3.63) is 63.6 Å². The first kappa shape index (κ1) is 17.1. The average Bonchev–Trinajstić information content (AvgIpc) is 2.48. The lowest BCUT2D eigenvalue weighted by atomic mass is 10.2. The first-order chi connectivity index (χ1) is 10.3. The van der Waals surface area contributed by atoms with Gasteiger partial charge in [0, 0.05) is 0 Å². The molecule has 118 valence electrons. The predicted molar refractivity (Wildman–Crippen MR) is 89.9 cm³/mol. The number of halogens is 2. The maximum absolute atomic E-state index is 12.1. The molecule has 0 aliphatic carbocycles. The summed E-state index contributed by atoms with van der Waals surface area (Å²) in [6.45, 7) is -0.0179. The molecule has 2 aromatic rings. The third-order valence-electron chi connectivity index (χ3n) is 3.15.